The fourth-order valence-electron chi connectivity index (χ4n) is 2.27. The molecule has 0 unspecified atom stereocenters. The van der Waals surface area contributed by atoms with Gasteiger partial charge in [0.1, 0.15) is 0 Å². The van der Waals surface area contributed by atoms with Crippen LogP contribution in [0.25, 0.3) is 11.1 Å². The average molecular weight is 338 g/mol. The van der Waals surface area contributed by atoms with E-state index in [0.29, 0.717) is 0 Å². The number of rotatable bonds is 1. The fraction of sp³-hybridized carbons (Fsp3) is 0.250. The van der Waals surface area contributed by atoms with Gasteiger partial charge in [0, 0.05) is 11.4 Å². The van der Waals surface area contributed by atoms with Gasteiger partial charge < -0.3 is 11.5 Å². The Morgan fingerprint density at radius 3 is 1.22 bits per heavy atom. The average Bonchev–Trinajstić information content (AvgIpc) is 2.42. The van der Waals surface area contributed by atoms with Gasteiger partial charge in [-0.1, -0.05) is 12.1 Å². The fourth-order valence-corrected chi connectivity index (χ4v) is 2.27. The van der Waals surface area contributed by atoms with Crippen molar-refractivity contribution in [2.24, 2.45) is 0 Å². The summed E-state index contributed by atoms with van der Waals surface area (Å²) in [6.07, 6.45) is 0. The third-order valence-corrected chi connectivity index (χ3v) is 3.95. The van der Waals surface area contributed by atoms with Crippen molar-refractivity contribution >= 4 is 21.8 Å². The van der Waals surface area contributed by atoms with Crippen LogP contribution in [-0.2, 0) is 10.4 Å². The molecule has 0 aliphatic rings. The Labute approximate surface area is 136 Å². The minimum absolute atomic E-state index is 0.848. The summed E-state index contributed by atoms with van der Waals surface area (Å²) in [5.74, 6) is 0. The number of hydrogen-bond donors (Lipinski definition) is 4. The molecule has 126 valence electrons. The molecule has 0 amide bonds. The minimum Gasteiger partial charge on any atom is -0.399 e. The summed E-state index contributed by atoms with van der Waals surface area (Å²) >= 11 is 0. The van der Waals surface area contributed by atoms with Gasteiger partial charge in [0.25, 0.3) is 0 Å². The van der Waals surface area contributed by atoms with Gasteiger partial charge in [-0.15, -0.1) is 0 Å². The Bertz CT molecular complexity index is 767. The van der Waals surface area contributed by atoms with Crippen molar-refractivity contribution in [3.8, 4) is 11.1 Å². The predicted octanol–water partition coefficient (Wildman–Crippen LogP) is 3.10. The molecule has 0 radical (unpaired) electrons. The first-order valence-electron chi connectivity index (χ1n) is 6.85. The van der Waals surface area contributed by atoms with Crippen molar-refractivity contribution in [3.05, 3.63) is 46.5 Å². The lowest BCUT2D eigenvalue weighted by atomic mass is 9.91. The Balaban J connectivity index is 0.000000463. The first-order valence-corrected chi connectivity index (χ1v) is 8.24. The second-order valence-electron chi connectivity index (χ2n) is 5.35. The van der Waals surface area contributed by atoms with Crippen LogP contribution in [0.2, 0.25) is 0 Å². The maximum absolute atomic E-state index is 8.74. The maximum Gasteiger partial charge on any atom is 0.394 e. The van der Waals surface area contributed by atoms with Crippen LogP contribution in [0.15, 0.2) is 24.3 Å². The molecule has 6 nitrogen and oxygen atoms in total. The van der Waals surface area contributed by atoms with Crippen molar-refractivity contribution in [3.63, 3.8) is 0 Å². The first kappa shape index (κ1) is 19.0. The van der Waals surface area contributed by atoms with E-state index in [1.165, 1.54) is 22.3 Å². The van der Waals surface area contributed by atoms with E-state index in [0.717, 1.165) is 22.5 Å². The van der Waals surface area contributed by atoms with Crippen molar-refractivity contribution < 1.29 is 17.5 Å². The van der Waals surface area contributed by atoms with Crippen LogP contribution in [0.1, 0.15) is 22.3 Å². The topological polar surface area (TPSA) is 127 Å². The van der Waals surface area contributed by atoms with Crippen LogP contribution in [0.3, 0.4) is 0 Å². The lowest BCUT2D eigenvalue weighted by molar-refractivity contribution is 0.381. The number of nitrogen functional groups attached to an aromatic ring is 2. The maximum atomic E-state index is 8.74. The van der Waals surface area contributed by atoms with Gasteiger partial charge >= 0.3 is 10.4 Å². The monoisotopic (exact) mass is 338 g/mol. The smallest absolute Gasteiger partial charge is 0.394 e. The third-order valence-electron chi connectivity index (χ3n) is 3.95. The molecule has 2 rings (SSSR count). The largest absolute Gasteiger partial charge is 0.399 e. The van der Waals surface area contributed by atoms with Crippen LogP contribution < -0.4 is 11.5 Å². The highest BCUT2D eigenvalue weighted by Gasteiger charge is 2.10. The van der Waals surface area contributed by atoms with Gasteiger partial charge in [-0.05, 0) is 73.2 Å². The Morgan fingerprint density at radius 2 is 0.957 bits per heavy atom. The molecule has 0 saturated carbocycles. The molecule has 0 saturated heterocycles. The van der Waals surface area contributed by atoms with Crippen molar-refractivity contribution in [2.45, 2.75) is 27.7 Å². The molecule has 0 aromatic heterocycles. The molecular weight excluding hydrogens is 316 g/mol. The van der Waals surface area contributed by atoms with Crippen LogP contribution in [0.4, 0.5) is 11.4 Å². The van der Waals surface area contributed by atoms with Gasteiger partial charge in [0.2, 0.25) is 0 Å². The Morgan fingerprint density at radius 1 is 0.696 bits per heavy atom. The van der Waals surface area contributed by atoms with Crippen molar-refractivity contribution in [1.82, 2.24) is 0 Å². The lowest BCUT2D eigenvalue weighted by Gasteiger charge is -2.15. The van der Waals surface area contributed by atoms with Crippen LogP contribution >= 0.6 is 0 Å². The zero-order valence-corrected chi connectivity index (χ0v) is 14.4. The van der Waals surface area contributed by atoms with Gasteiger partial charge in [0.15, 0.2) is 0 Å². The van der Waals surface area contributed by atoms with E-state index in [-0.39, 0.29) is 0 Å². The summed E-state index contributed by atoms with van der Waals surface area (Å²) in [5.41, 5.74) is 20.8. The number of hydrogen-bond acceptors (Lipinski definition) is 4. The Kier molecular flexibility index (Phi) is 5.76. The molecule has 0 bridgehead atoms. The Hall–Kier alpha value is -2.09. The first-order chi connectivity index (χ1) is 10.4. The summed E-state index contributed by atoms with van der Waals surface area (Å²) in [6.45, 7) is 8.36. The van der Waals surface area contributed by atoms with Crippen LogP contribution in [-0.4, -0.2) is 17.5 Å². The predicted molar refractivity (Wildman–Crippen MR) is 93.8 cm³/mol. The van der Waals surface area contributed by atoms with E-state index < -0.39 is 10.4 Å². The summed E-state index contributed by atoms with van der Waals surface area (Å²) in [4.78, 5) is 0. The molecule has 0 aliphatic heterocycles. The lowest BCUT2D eigenvalue weighted by Crippen LogP contribution is -1.98. The minimum atomic E-state index is -4.67. The van der Waals surface area contributed by atoms with E-state index in [9.17, 15) is 0 Å². The zero-order valence-electron chi connectivity index (χ0n) is 13.6. The highest BCUT2D eigenvalue weighted by Crippen LogP contribution is 2.33. The summed E-state index contributed by atoms with van der Waals surface area (Å²) in [7, 11) is -4.67. The van der Waals surface area contributed by atoms with E-state index in [2.05, 4.69) is 39.8 Å². The second-order valence-corrected chi connectivity index (χ2v) is 6.25. The molecule has 6 N–H and O–H groups in total. The molecule has 0 atom stereocenters. The molecule has 2 aromatic rings. The van der Waals surface area contributed by atoms with Crippen LogP contribution in [0.5, 0.6) is 0 Å². The molecule has 0 spiro atoms. The van der Waals surface area contributed by atoms with Gasteiger partial charge in [-0.3, -0.25) is 9.11 Å². The highest BCUT2D eigenvalue weighted by atomic mass is 32.3. The van der Waals surface area contributed by atoms with Gasteiger partial charge in [0.05, 0.1) is 0 Å². The second kappa shape index (κ2) is 6.99. The molecule has 2 aromatic carbocycles. The van der Waals surface area contributed by atoms with E-state index in [1.54, 1.807) is 0 Å². The zero-order chi connectivity index (χ0) is 17.9. The number of benzene rings is 2. The molecule has 7 heteroatoms. The molecule has 0 aliphatic carbocycles. The van der Waals surface area contributed by atoms with Gasteiger partial charge in [-0.25, -0.2) is 0 Å². The van der Waals surface area contributed by atoms with E-state index >= 15 is 0 Å². The normalized spacial score (nSPS) is 10.9. The SMILES string of the molecule is Cc1c(N)ccc(-c2ccc(N)c(C)c2C)c1C.O=S(=O)(O)O. The highest BCUT2D eigenvalue weighted by molar-refractivity contribution is 7.79. The molecule has 0 fully saturated rings. The van der Waals surface area contributed by atoms with E-state index in [1.807, 2.05) is 12.1 Å². The molecule has 0 heterocycles. The summed E-state index contributed by atoms with van der Waals surface area (Å²) in [6, 6.07) is 8.14. The summed E-state index contributed by atoms with van der Waals surface area (Å²) < 4.78 is 31.6. The number of anilines is 2. The third kappa shape index (κ3) is 4.95. The van der Waals surface area contributed by atoms with E-state index in [4.69, 9.17) is 29.0 Å². The summed E-state index contributed by atoms with van der Waals surface area (Å²) in [5, 5.41) is 0. The molecule has 23 heavy (non-hydrogen) atoms. The molecular formula is C16H22N2O4S. The van der Waals surface area contributed by atoms with Crippen molar-refractivity contribution in [2.75, 3.05) is 11.5 Å². The standard InChI is InChI=1S/C16H20N2.H2O4S/c1-9-11(3)15(17)7-5-13(9)14-6-8-16(18)12(4)10(14)2;1-5(2,3)4/h5-8H,17-18H2,1-4H3;(H2,1,2,3,4). The quantitative estimate of drug-likeness (QED) is 0.467. The van der Waals surface area contributed by atoms with Gasteiger partial charge in [-0.2, -0.15) is 8.42 Å². The van der Waals surface area contributed by atoms with Crippen molar-refractivity contribution in [1.29, 1.82) is 0 Å². The van der Waals surface area contributed by atoms with Crippen LogP contribution in [0, 0.1) is 27.7 Å². The number of nitrogens with two attached hydrogens (primary N) is 2.